The molecule has 4 aliphatic heterocycles. The molecule has 1 aromatic heterocycles. The van der Waals surface area contributed by atoms with Crippen LogP contribution < -0.4 is 0 Å². The van der Waals surface area contributed by atoms with E-state index in [4.69, 9.17) is 4.42 Å². The van der Waals surface area contributed by atoms with Gasteiger partial charge in [-0.25, -0.2) is 0 Å². The minimum absolute atomic E-state index is 0.0241. The van der Waals surface area contributed by atoms with Gasteiger partial charge in [0.2, 0.25) is 17.7 Å². The van der Waals surface area contributed by atoms with E-state index in [-0.39, 0.29) is 17.7 Å². The van der Waals surface area contributed by atoms with Crippen LogP contribution in [-0.4, -0.2) is 64.6 Å². The number of nitrogens with zero attached hydrogens (tertiary/aromatic N) is 3. The molecule has 4 aliphatic rings. The molecule has 150 valence electrons. The Balaban J connectivity index is 1.24. The third kappa shape index (κ3) is 3.10. The van der Waals surface area contributed by atoms with E-state index >= 15 is 0 Å². The molecule has 0 spiro atoms. The molecular formula is C21H27N3O4. The fourth-order valence-electron chi connectivity index (χ4n) is 5.73. The number of likely N-dealkylation sites (tertiary alicyclic amines) is 2. The predicted octanol–water partition coefficient (Wildman–Crippen LogP) is 1.49. The summed E-state index contributed by atoms with van der Waals surface area (Å²) in [5.74, 6) is 1.67. The molecule has 4 atom stereocenters. The zero-order chi connectivity index (χ0) is 19.3. The first-order valence-electron chi connectivity index (χ1n) is 10.5. The van der Waals surface area contributed by atoms with E-state index in [9.17, 15) is 14.4 Å². The van der Waals surface area contributed by atoms with Crippen LogP contribution in [0.3, 0.4) is 0 Å². The lowest BCUT2D eigenvalue weighted by atomic mass is 9.75. The van der Waals surface area contributed by atoms with Gasteiger partial charge in [0.15, 0.2) is 0 Å². The van der Waals surface area contributed by atoms with Crippen LogP contribution in [-0.2, 0) is 20.9 Å². The topological polar surface area (TPSA) is 74.1 Å². The van der Waals surface area contributed by atoms with Gasteiger partial charge in [0.25, 0.3) is 0 Å². The second kappa shape index (κ2) is 6.94. The normalized spacial score (nSPS) is 32.6. The number of carbonyl (C=O) groups is 3. The van der Waals surface area contributed by atoms with E-state index in [1.54, 1.807) is 11.2 Å². The highest BCUT2D eigenvalue weighted by molar-refractivity contribution is 5.89. The zero-order valence-corrected chi connectivity index (χ0v) is 16.1. The van der Waals surface area contributed by atoms with Gasteiger partial charge < -0.3 is 19.1 Å². The quantitative estimate of drug-likeness (QED) is 0.790. The Kier molecular flexibility index (Phi) is 4.40. The number of carbonyl (C=O) groups excluding carboxylic acids is 3. The molecule has 0 radical (unpaired) electrons. The molecule has 4 fully saturated rings. The number of furan rings is 1. The van der Waals surface area contributed by atoms with Crippen molar-refractivity contribution >= 4 is 17.7 Å². The maximum Gasteiger partial charge on any atom is 0.228 e. The van der Waals surface area contributed by atoms with Gasteiger partial charge in [0.05, 0.1) is 18.7 Å². The van der Waals surface area contributed by atoms with Crippen molar-refractivity contribution in [1.29, 1.82) is 0 Å². The number of piperidine rings is 3. The molecule has 7 nitrogen and oxygen atoms in total. The Bertz CT molecular complexity index is 777. The Hall–Kier alpha value is -2.31. The summed E-state index contributed by atoms with van der Waals surface area (Å²) in [6.45, 7) is 3.14. The number of amides is 3. The fourth-order valence-corrected chi connectivity index (χ4v) is 5.73. The average Bonchev–Trinajstić information content (AvgIpc) is 3.32. The van der Waals surface area contributed by atoms with Crippen LogP contribution in [0.4, 0.5) is 0 Å². The molecule has 0 N–H and O–H groups in total. The van der Waals surface area contributed by atoms with E-state index in [2.05, 4.69) is 4.90 Å². The number of hydrogen-bond donors (Lipinski definition) is 0. The Labute approximate surface area is 164 Å². The molecule has 4 unspecified atom stereocenters. The van der Waals surface area contributed by atoms with Gasteiger partial charge in [-0.15, -0.1) is 0 Å². The molecule has 3 amide bonds. The average molecular weight is 385 g/mol. The summed E-state index contributed by atoms with van der Waals surface area (Å²) in [6, 6.07) is 3.96. The monoisotopic (exact) mass is 385 g/mol. The summed E-state index contributed by atoms with van der Waals surface area (Å²) in [5, 5.41) is 0. The minimum Gasteiger partial charge on any atom is -0.467 e. The van der Waals surface area contributed by atoms with Crippen LogP contribution in [0.15, 0.2) is 22.8 Å². The highest BCUT2D eigenvalue weighted by Gasteiger charge is 2.46. The lowest BCUT2D eigenvalue weighted by molar-refractivity contribution is -0.150. The van der Waals surface area contributed by atoms with Crippen LogP contribution in [0.25, 0.3) is 0 Å². The Morgan fingerprint density at radius 2 is 2.04 bits per heavy atom. The van der Waals surface area contributed by atoms with Gasteiger partial charge in [-0.1, -0.05) is 0 Å². The lowest BCUT2D eigenvalue weighted by Crippen LogP contribution is -2.61. The second-order valence-electron chi connectivity index (χ2n) is 8.87. The number of fused-ring (bicyclic) bond motifs is 4. The van der Waals surface area contributed by atoms with Crippen LogP contribution in [0.2, 0.25) is 0 Å². The van der Waals surface area contributed by atoms with E-state index in [0.717, 1.165) is 38.1 Å². The summed E-state index contributed by atoms with van der Waals surface area (Å²) >= 11 is 0. The van der Waals surface area contributed by atoms with E-state index in [1.165, 1.54) is 0 Å². The first-order valence-corrected chi connectivity index (χ1v) is 10.5. The van der Waals surface area contributed by atoms with Gasteiger partial charge in [-0.05, 0) is 43.2 Å². The molecule has 0 saturated carbocycles. The van der Waals surface area contributed by atoms with Gasteiger partial charge >= 0.3 is 0 Å². The van der Waals surface area contributed by atoms with Crippen molar-refractivity contribution in [3.05, 3.63) is 24.2 Å². The van der Waals surface area contributed by atoms with Crippen molar-refractivity contribution in [2.24, 2.45) is 17.8 Å². The highest BCUT2D eigenvalue weighted by atomic mass is 16.3. The van der Waals surface area contributed by atoms with Crippen molar-refractivity contribution < 1.29 is 18.8 Å². The molecule has 28 heavy (non-hydrogen) atoms. The molecule has 4 saturated heterocycles. The van der Waals surface area contributed by atoms with Gasteiger partial charge in [-0.3, -0.25) is 14.4 Å². The zero-order valence-electron chi connectivity index (χ0n) is 16.1. The molecule has 1 aromatic rings. The summed E-state index contributed by atoms with van der Waals surface area (Å²) < 4.78 is 5.34. The summed E-state index contributed by atoms with van der Waals surface area (Å²) in [5.41, 5.74) is 0. The maximum atomic E-state index is 13.2. The molecule has 0 aromatic carbocycles. The molecule has 0 aliphatic carbocycles. The molecular weight excluding hydrogens is 358 g/mol. The molecule has 5 rings (SSSR count). The van der Waals surface area contributed by atoms with Crippen molar-refractivity contribution in [1.82, 2.24) is 14.7 Å². The summed E-state index contributed by atoms with van der Waals surface area (Å²) in [7, 11) is 0. The van der Waals surface area contributed by atoms with E-state index in [0.29, 0.717) is 56.3 Å². The maximum absolute atomic E-state index is 13.2. The van der Waals surface area contributed by atoms with Crippen molar-refractivity contribution in [2.45, 2.75) is 44.7 Å². The van der Waals surface area contributed by atoms with Crippen molar-refractivity contribution in [3.63, 3.8) is 0 Å². The second-order valence-corrected chi connectivity index (χ2v) is 8.87. The van der Waals surface area contributed by atoms with Crippen LogP contribution >= 0.6 is 0 Å². The summed E-state index contributed by atoms with van der Waals surface area (Å²) in [4.78, 5) is 43.7. The fraction of sp³-hybridized carbons (Fsp3) is 0.667. The third-order valence-corrected chi connectivity index (χ3v) is 6.98. The van der Waals surface area contributed by atoms with Crippen LogP contribution in [0, 0.1) is 17.8 Å². The predicted molar refractivity (Wildman–Crippen MR) is 99.8 cm³/mol. The first-order chi connectivity index (χ1) is 13.6. The van der Waals surface area contributed by atoms with Gasteiger partial charge in [-0.2, -0.15) is 0 Å². The van der Waals surface area contributed by atoms with Crippen LogP contribution in [0.1, 0.15) is 37.9 Å². The molecule has 7 heteroatoms. The van der Waals surface area contributed by atoms with Crippen molar-refractivity contribution in [2.75, 3.05) is 26.2 Å². The van der Waals surface area contributed by atoms with E-state index in [1.807, 2.05) is 17.0 Å². The molecule has 5 heterocycles. The minimum atomic E-state index is -0.259. The summed E-state index contributed by atoms with van der Waals surface area (Å²) in [6.07, 6.45) is 5.71. The largest absolute Gasteiger partial charge is 0.467 e. The Morgan fingerprint density at radius 3 is 2.86 bits per heavy atom. The van der Waals surface area contributed by atoms with Crippen molar-refractivity contribution in [3.8, 4) is 0 Å². The highest BCUT2D eigenvalue weighted by Crippen LogP contribution is 2.38. The van der Waals surface area contributed by atoms with Crippen LogP contribution in [0.5, 0.6) is 0 Å². The van der Waals surface area contributed by atoms with E-state index < -0.39 is 0 Å². The molecule has 2 bridgehead atoms. The third-order valence-electron chi connectivity index (χ3n) is 6.98. The number of rotatable bonds is 3. The van der Waals surface area contributed by atoms with Gasteiger partial charge in [0, 0.05) is 45.1 Å². The SMILES string of the molecule is O=C1CC(C(=O)N2CC3CC(C2)C2CCCC(=O)N2C3)CN1Cc1ccco1. The smallest absolute Gasteiger partial charge is 0.228 e. The number of hydrogen-bond acceptors (Lipinski definition) is 4. The standard InChI is InChI=1S/C21H27N3O4/c25-19-5-1-4-18-15-7-14(10-24(18)19)9-23(11-15)21(27)16-8-20(26)22(12-16)13-17-3-2-6-28-17/h2-3,6,14-16,18H,1,4-5,7-13H2. The lowest BCUT2D eigenvalue weighted by Gasteiger charge is -2.52. The van der Waals surface area contributed by atoms with Gasteiger partial charge in [0.1, 0.15) is 5.76 Å². The Morgan fingerprint density at radius 1 is 1.14 bits per heavy atom. The first kappa shape index (κ1) is 17.8.